The molecule has 0 aliphatic rings. The first kappa shape index (κ1) is 12.4. The Morgan fingerprint density at radius 1 is 1.39 bits per heavy atom. The molecule has 2 rings (SSSR count). The van der Waals surface area contributed by atoms with Crippen molar-refractivity contribution in [3.05, 3.63) is 48.5 Å². The van der Waals surface area contributed by atoms with E-state index in [0.717, 1.165) is 5.75 Å². The molecule has 1 aromatic heterocycles. The van der Waals surface area contributed by atoms with Gasteiger partial charge in [-0.25, -0.2) is 4.98 Å². The number of rotatable bonds is 5. The lowest BCUT2D eigenvalue weighted by atomic mass is 9.99. The zero-order chi connectivity index (χ0) is 13.0. The van der Waals surface area contributed by atoms with Crippen LogP contribution in [0.5, 0.6) is 5.75 Å². The van der Waals surface area contributed by atoms with E-state index in [1.165, 1.54) is 0 Å². The molecule has 0 amide bonds. The van der Waals surface area contributed by atoms with E-state index in [2.05, 4.69) is 4.98 Å². The van der Waals surface area contributed by atoms with E-state index < -0.39 is 0 Å². The van der Waals surface area contributed by atoms with Crippen molar-refractivity contribution in [1.29, 1.82) is 0 Å². The molecule has 2 aromatic rings. The fraction of sp³-hybridized carbons (Fsp3) is 0.286. The fourth-order valence-electron chi connectivity index (χ4n) is 1.83. The van der Waals surface area contributed by atoms with Gasteiger partial charge >= 0.3 is 0 Å². The van der Waals surface area contributed by atoms with Gasteiger partial charge in [0.15, 0.2) is 5.78 Å². The van der Waals surface area contributed by atoms with Crippen LogP contribution in [0, 0.1) is 5.92 Å². The minimum absolute atomic E-state index is 0.0763. The highest BCUT2D eigenvalue weighted by atomic mass is 16.5. The molecule has 1 aromatic carbocycles. The van der Waals surface area contributed by atoms with Gasteiger partial charge < -0.3 is 9.30 Å². The van der Waals surface area contributed by atoms with E-state index in [4.69, 9.17) is 4.74 Å². The lowest BCUT2D eigenvalue weighted by Crippen LogP contribution is -2.17. The molecule has 1 unspecified atom stereocenters. The van der Waals surface area contributed by atoms with Gasteiger partial charge in [0, 0.05) is 30.4 Å². The first-order chi connectivity index (χ1) is 8.70. The van der Waals surface area contributed by atoms with Crippen molar-refractivity contribution in [3.8, 4) is 5.75 Å². The van der Waals surface area contributed by atoms with Crippen LogP contribution in [-0.4, -0.2) is 22.4 Å². The predicted molar refractivity (Wildman–Crippen MR) is 68.7 cm³/mol. The third-order valence-electron chi connectivity index (χ3n) is 2.87. The zero-order valence-corrected chi connectivity index (χ0v) is 10.5. The van der Waals surface area contributed by atoms with Crippen molar-refractivity contribution < 1.29 is 9.53 Å². The van der Waals surface area contributed by atoms with Gasteiger partial charge in [-0.3, -0.25) is 4.79 Å². The van der Waals surface area contributed by atoms with Crippen LogP contribution in [0.25, 0.3) is 0 Å². The zero-order valence-electron chi connectivity index (χ0n) is 10.5. The number of benzene rings is 1. The van der Waals surface area contributed by atoms with E-state index in [1.54, 1.807) is 43.9 Å². The van der Waals surface area contributed by atoms with Crippen molar-refractivity contribution >= 4 is 5.78 Å². The number of imidazole rings is 1. The van der Waals surface area contributed by atoms with E-state index in [0.29, 0.717) is 12.1 Å². The Kier molecular flexibility index (Phi) is 3.77. The summed E-state index contributed by atoms with van der Waals surface area (Å²) in [4.78, 5) is 16.2. The van der Waals surface area contributed by atoms with Crippen LogP contribution in [0.3, 0.4) is 0 Å². The normalized spacial score (nSPS) is 12.1. The first-order valence-electron chi connectivity index (χ1n) is 5.84. The highest BCUT2D eigenvalue weighted by Crippen LogP contribution is 2.15. The van der Waals surface area contributed by atoms with Gasteiger partial charge in [0.2, 0.25) is 0 Å². The molecule has 1 heterocycles. The average Bonchev–Trinajstić information content (AvgIpc) is 2.91. The number of methoxy groups -OCH3 is 1. The van der Waals surface area contributed by atoms with E-state index >= 15 is 0 Å². The summed E-state index contributed by atoms with van der Waals surface area (Å²) in [7, 11) is 1.61. The van der Waals surface area contributed by atoms with Crippen molar-refractivity contribution in [2.45, 2.75) is 13.5 Å². The molecule has 1 atom stereocenters. The molecule has 0 aliphatic heterocycles. The Morgan fingerprint density at radius 2 is 2.11 bits per heavy atom. The molecule has 94 valence electrons. The first-order valence-corrected chi connectivity index (χ1v) is 5.84. The van der Waals surface area contributed by atoms with Crippen molar-refractivity contribution in [2.75, 3.05) is 7.11 Å². The summed E-state index contributed by atoms with van der Waals surface area (Å²) < 4.78 is 6.98. The summed E-state index contributed by atoms with van der Waals surface area (Å²) in [6, 6.07) is 7.20. The van der Waals surface area contributed by atoms with Crippen LogP contribution in [0.15, 0.2) is 43.0 Å². The quantitative estimate of drug-likeness (QED) is 0.759. The number of Topliss-reactive ketones (excluding diaryl/α,β-unsaturated/α-hetero) is 1. The summed E-state index contributed by atoms with van der Waals surface area (Å²) >= 11 is 0. The summed E-state index contributed by atoms with van der Waals surface area (Å²) in [5.74, 6) is 0.813. The molecule has 0 radical (unpaired) electrons. The topological polar surface area (TPSA) is 44.1 Å². The van der Waals surface area contributed by atoms with E-state index in [9.17, 15) is 4.79 Å². The lowest BCUT2D eigenvalue weighted by molar-refractivity contribution is 0.0918. The number of ether oxygens (including phenoxy) is 1. The minimum Gasteiger partial charge on any atom is -0.497 e. The molecular formula is C14H16N2O2. The average molecular weight is 244 g/mol. The van der Waals surface area contributed by atoms with Crippen LogP contribution in [0.4, 0.5) is 0 Å². The maximum Gasteiger partial charge on any atom is 0.167 e. The highest BCUT2D eigenvalue weighted by molar-refractivity contribution is 5.97. The molecule has 0 fully saturated rings. The number of nitrogens with zero attached hydrogens (tertiary/aromatic N) is 2. The van der Waals surface area contributed by atoms with Crippen LogP contribution >= 0.6 is 0 Å². The molecule has 0 saturated heterocycles. The van der Waals surface area contributed by atoms with Gasteiger partial charge in [0.25, 0.3) is 0 Å². The molecule has 4 nitrogen and oxygen atoms in total. The lowest BCUT2D eigenvalue weighted by Gasteiger charge is -2.11. The number of carbonyl (C=O) groups excluding carboxylic acids is 1. The number of hydrogen-bond acceptors (Lipinski definition) is 3. The molecular weight excluding hydrogens is 228 g/mol. The summed E-state index contributed by atoms with van der Waals surface area (Å²) in [5.41, 5.74) is 0.711. The molecule has 18 heavy (non-hydrogen) atoms. The van der Waals surface area contributed by atoms with Gasteiger partial charge in [-0.1, -0.05) is 6.92 Å². The standard InChI is InChI=1S/C14H16N2O2/c1-11(9-16-8-7-15-10-16)14(17)12-3-5-13(18-2)6-4-12/h3-8,10-11H,9H2,1-2H3. The monoisotopic (exact) mass is 244 g/mol. The Balaban J connectivity index is 2.05. The minimum atomic E-state index is -0.0763. The molecule has 0 saturated carbocycles. The summed E-state index contributed by atoms with van der Waals surface area (Å²) in [5, 5.41) is 0. The maximum atomic E-state index is 12.2. The van der Waals surface area contributed by atoms with Crippen LogP contribution in [-0.2, 0) is 6.54 Å². The Labute approximate surface area is 106 Å². The smallest absolute Gasteiger partial charge is 0.167 e. The molecule has 0 aliphatic carbocycles. The van der Waals surface area contributed by atoms with E-state index in [1.807, 2.05) is 17.7 Å². The van der Waals surface area contributed by atoms with Crippen LogP contribution in [0.1, 0.15) is 17.3 Å². The number of aromatic nitrogens is 2. The Hall–Kier alpha value is -2.10. The van der Waals surface area contributed by atoms with Crippen molar-refractivity contribution in [1.82, 2.24) is 9.55 Å². The van der Waals surface area contributed by atoms with Gasteiger partial charge in [0.1, 0.15) is 5.75 Å². The second-order valence-electron chi connectivity index (χ2n) is 4.25. The molecule has 0 spiro atoms. The maximum absolute atomic E-state index is 12.2. The van der Waals surface area contributed by atoms with Gasteiger partial charge in [-0.15, -0.1) is 0 Å². The largest absolute Gasteiger partial charge is 0.497 e. The predicted octanol–water partition coefficient (Wildman–Crippen LogP) is 2.41. The summed E-state index contributed by atoms with van der Waals surface area (Å²) in [6.07, 6.45) is 5.29. The van der Waals surface area contributed by atoms with E-state index in [-0.39, 0.29) is 11.7 Å². The second kappa shape index (κ2) is 5.49. The second-order valence-corrected chi connectivity index (χ2v) is 4.25. The molecule has 4 heteroatoms. The summed E-state index contributed by atoms with van der Waals surface area (Å²) in [6.45, 7) is 2.57. The Bertz CT molecular complexity index is 503. The van der Waals surface area contributed by atoms with Gasteiger partial charge in [-0.05, 0) is 24.3 Å². The Morgan fingerprint density at radius 3 is 2.67 bits per heavy atom. The number of hydrogen-bond donors (Lipinski definition) is 0. The molecule has 0 N–H and O–H groups in total. The SMILES string of the molecule is COc1ccc(C(=O)C(C)Cn2ccnc2)cc1. The fourth-order valence-corrected chi connectivity index (χ4v) is 1.83. The number of carbonyl (C=O) groups is 1. The molecule has 0 bridgehead atoms. The van der Waals surface area contributed by atoms with Crippen LogP contribution < -0.4 is 4.74 Å². The number of ketones is 1. The third-order valence-corrected chi connectivity index (χ3v) is 2.87. The third kappa shape index (κ3) is 2.77. The van der Waals surface area contributed by atoms with Gasteiger partial charge in [0.05, 0.1) is 13.4 Å². The van der Waals surface area contributed by atoms with Gasteiger partial charge in [-0.2, -0.15) is 0 Å². The van der Waals surface area contributed by atoms with Crippen molar-refractivity contribution in [2.24, 2.45) is 5.92 Å². The van der Waals surface area contributed by atoms with Crippen molar-refractivity contribution in [3.63, 3.8) is 0 Å². The van der Waals surface area contributed by atoms with Crippen LogP contribution in [0.2, 0.25) is 0 Å². The highest BCUT2D eigenvalue weighted by Gasteiger charge is 2.15.